The van der Waals surface area contributed by atoms with Crippen LogP contribution >= 0.6 is 0 Å². The Labute approximate surface area is 187 Å². The van der Waals surface area contributed by atoms with Crippen molar-refractivity contribution in [2.75, 3.05) is 0 Å². The Morgan fingerprint density at radius 1 is 1.10 bits per heavy atom. The van der Waals surface area contributed by atoms with Gasteiger partial charge in [0, 0.05) is 0 Å². The lowest BCUT2D eigenvalue weighted by Gasteiger charge is -2.44. The third kappa shape index (κ3) is 5.14. The molecule has 1 nitrogen and oxygen atoms in total. The number of aliphatic hydroxyl groups excluding tert-OH is 1. The zero-order chi connectivity index (χ0) is 21.9. The van der Waals surface area contributed by atoms with E-state index in [1.54, 1.807) is 5.57 Å². The molecule has 0 unspecified atom stereocenters. The molecule has 30 heavy (non-hydrogen) atoms. The van der Waals surface area contributed by atoms with Crippen LogP contribution in [0.2, 0.25) is 0 Å². The van der Waals surface area contributed by atoms with Crippen molar-refractivity contribution in [3.63, 3.8) is 0 Å². The predicted octanol–water partition coefficient (Wildman–Crippen LogP) is 8.26. The van der Waals surface area contributed by atoms with E-state index in [1.807, 2.05) is 0 Å². The zero-order valence-electron chi connectivity index (χ0n) is 20.6. The molecule has 3 aliphatic rings. The molecule has 170 valence electrons. The minimum atomic E-state index is -0.175. The van der Waals surface area contributed by atoms with Crippen molar-refractivity contribution in [1.82, 2.24) is 0 Å². The second-order valence-electron chi connectivity index (χ2n) is 11.5. The van der Waals surface area contributed by atoms with Gasteiger partial charge in [-0.3, -0.25) is 0 Å². The monoisotopic (exact) mass is 412 g/mol. The van der Waals surface area contributed by atoms with Crippen LogP contribution in [0.15, 0.2) is 35.5 Å². The molecule has 0 amide bonds. The van der Waals surface area contributed by atoms with Gasteiger partial charge in [-0.2, -0.15) is 0 Å². The maximum Gasteiger partial charge on any atom is 0.0583 e. The Kier molecular flexibility index (Phi) is 8.10. The van der Waals surface area contributed by atoms with Gasteiger partial charge in [0.15, 0.2) is 0 Å². The SMILES string of the molecule is C=C1CC[C@H](O)CC1=CC=C1CCC[C@]2(C)[C@@H]([C@H](C)CC[C@H](CC)C(C)C)CC[C@@H]12. The largest absolute Gasteiger partial charge is 0.393 e. The van der Waals surface area contributed by atoms with Gasteiger partial charge in [-0.15, -0.1) is 0 Å². The highest BCUT2D eigenvalue weighted by molar-refractivity contribution is 5.36. The minimum Gasteiger partial charge on any atom is -0.393 e. The predicted molar refractivity (Wildman–Crippen MR) is 130 cm³/mol. The van der Waals surface area contributed by atoms with Crippen molar-refractivity contribution < 1.29 is 5.11 Å². The summed E-state index contributed by atoms with van der Waals surface area (Å²) in [5, 5.41) is 10.1. The molecular weight excluding hydrogens is 364 g/mol. The number of hydrogen-bond acceptors (Lipinski definition) is 1. The molecule has 6 atom stereocenters. The summed E-state index contributed by atoms with van der Waals surface area (Å²) in [5.41, 5.74) is 4.71. The van der Waals surface area contributed by atoms with Crippen molar-refractivity contribution in [2.24, 2.45) is 35.0 Å². The van der Waals surface area contributed by atoms with Gasteiger partial charge < -0.3 is 5.11 Å². The van der Waals surface area contributed by atoms with Crippen LogP contribution < -0.4 is 0 Å². The van der Waals surface area contributed by atoms with E-state index in [9.17, 15) is 5.11 Å². The highest BCUT2D eigenvalue weighted by Crippen LogP contribution is 2.60. The fourth-order valence-electron chi connectivity index (χ4n) is 7.30. The quantitative estimate of drug-likeness (QED) is 0.446. The van der Waals surface area contributed by atoms with Gasteiger partial charge in [0.1, 0.15) is 0 Å². The normalized spacial score (nSPS) is 37.0. The Hall–Kier alpha value is -0.820. The molecule has 1 N–H and O–H groups in total. The van der Waals surface area contributed by atoms with Crippen LogP contribution in [0, 0.1) is 35.0 Å². The summed E-state index contributed by atoms with van der Waals surface area (Å²) in [4.78, 5) is 0. The third-order valence-electron chi connectivity index (χ3n) is 9.37. The summed E-state index contributed by atoms with van der Waals surface area (Å²) in [6, 6.07) is 0. The number of rotatable bonds is 7. The highest BCUT2D eigenvalue weighted by atomic mass is 16.3. The lowest BCUT2D eigenvalue weighted by molar-refractivity contribution is 0.0900. The Bertz CT molecular complexity index is 653. The van der Waals surface area contributed by atoms with Crippen LogP contribution in [0.25, 0.3) is 0 Å². The first-order chi connectivity index (χ1) is 14.3. The summed E-state index contributed by atoms with van der Waals surface area (Å²) in [6.45, 7) is 16.6. The molecule has 0 spiro atoms. The van der Waals surface area contributed by atoms with Crippen molar-refractivity contribution in [3.8, 4) is 0 Å². The average Bonchev–Trinajstić information content (AvgIpc) is 3.06. The Morgan fingerprint density at radius 2 is 1.87 bits per heavy atom. The molecule has 0 aliphatic heterocycles. The first-order valence-corrected chi connectivity index (χ1v) is 13.0. The lowest BCUT2D eigenvalue weighted by Crippen LogP contribution is -2.36. The molecule has 3 rings (SSSR count). The molecular formula is C29H48O. The van der Waals surface area contributed by atoms with E-state index in [0.717, 1.165) is 48.9 Å². The summed E-state index contributed by atoms with van der Waals surface area (Å²) in [7, 11) is 0. The second kappa shape index (κ2) is 10.2. The molecule has 0 radical (unpaired) electrons. The summed E-state index contributed by atoms with van der Waals surface area (Å²) in [5.74, 6) is 4.21. The van der Waals surface area contributed by atoms with Crippen molar-refractivity contribution in [1.29, 1.82) is 0 Å². The Morgan fingerprint density at radius 3 is 2.57 bits per heavy atom. The van der Waals surface area contributed by atoms with Gasteiger partial charge in [0.2, 0.25) is 0 Å². The van der Waals surface area contributed by atoms with Crippen LogP contribution in [-0.4, -0.2) is 11.2 Å². The molecule has 0 saturated heterocycles. The van der Waals surface area contributed by atoms with Crippen LogP contribution in [0.4, 0.5) is 0 Å². The fourth-order valence-corrected chi connectivity index (χ4v) is 7.30. The van der Waals surface area contributed by atoms with Crippen molar-refractivity contribution >= 4 is 0 Å². The molecule has 3 saturated carbocycles. The van der Waals surface area contributed by atoms with Gasteiger partial charge in [-0.05, 0) is 98.4 Å². The topological polar surface area (TPSA) is 20.2 Å². The molecule has 3 fully saturated rings. The van der Waals surface area contributed by atoms with Crippen LogP contribution in [-0.2, 0) is 0 Å². The maximum atomic E-state index is 10.1. The molecule has 1 heteroatoms. The molecule has 0 bridgehead atoms. The number of fused-ring (bicyclic) bond motifs is 1. The van der Waals surface area contributed by atoms with Gasteiger partial charge in [0.25, 0.3) is 0 Å². The average molecular weight is 413 g/mol. The standard InChI is InChI=1S/C29H48O/c1-7-23(20(2)3)12-10-22(5)27-16-17-28-24(9-8-18-29(27,28)6)13-14-25-19-26(30)15-11-21(25)4/h13-14,20,22-23,26-28,30H,4,7-12,15-19H2,1-3,5-6H3/t22-,23+,26+,27-,28+,29-/m1/s1. The van der Waals surface area contributed by atoms with E-state index in [0.29, 0.717) is 5.41 Å². The lowest BCUT2D eigenvalue weighted by atomic mass is 9.60. The van der Waals surface area contributed by atoms with Crippen LogP contribution in [0.3, 0.4) is 0 Å². The Balaban J connectivity index is 1.69. The highest BCUT2D eigenvalue weighted by Gasteiger charge is 2.50. The van der Waals surface area contributed by atoms with E-state index in [2.05, 4.69) is 53.3 Å². The van der Waals surface area contributed by atoms with Gasteiger partial charge in [-0.1, -0.05) is 77.3 Å². The molecule has 0 heterocycles. The first-order valence-electron chi connectivity index (χ1n) is 13.0. The van der Waals surface area contributed by atoms with Crippen LogP contribution in [0.1, 0.15) is 105 Å². The summed E-state index contributed by atoms with van der Waals surface area (Å²) < 4.78 is 0. The van der Waals surface area contributed by atoms with Gasteiger partial charge in [-0.25, -0.2) is 0 Å². The number of aliphatic hydroxyl groups is 1. The smallest absolute Gasteiger partial charge is 0.0583 e. The second-order valence-corrected chi connectivity index (χ2v) is 11.5. The van der Waals surface area contributed by atoms with E-state index >= 15 is 0 Å². The molecule has 0 aromatic heterocycles. The van der Waals surface area contributed by atoms with Gasteiger partial charge >= 0.3 is 0 Å². The zero-order valence-corrected chi connectivity index (χ0v) is 20.6. The van der Waals surface area contributed by atoms with Crippen LogP contribution in [0.5, 0.6) is 0 Å². The molecule has 3 aliphatic carbocycles. The number of allylic oxidation sites excluding steroid dienone is 4. The maximum absolute atomic E-state index is 10.1. The van der Waals surface area contributed by atoms with Gasteiger partial charge in [0.05, 0.1) is 6.10 Å². The first kappa shape index (κ1) is 23.8. The summed E-state index contributed by atoms with van der Waals surface area (Å²) >= 11 is 0. The third-order valence-corrected chi connectivity index (χ3v) is 9.37. The minimum absolute atomic E-state index is 0.175. The van der Waals surface area contributed by atoms with E-state index in [4.69, 9.17) is 0 Å². The fraction of sp³-hybridized carbons (Fsp3) is 0.793. The number of hydrogen-bond donors (Lipinski definition) is 1. The summed E-state index contributed by atoms with van der Waals surface area (Å²) in [6.07, 6.45) is 18.2. The molecule has 0 aromatic carbocycles. The molecule has 0 aromatic rings. The van der Waals surface area contributed by atoms with E-state index < -0.39 is 0 Å². The van der Waals surface area contributed by atoms with E-state index in [-0.39, 0.29) is 6.10 Å². The van der Waals surface area contributed by atoms with Crippen molar-refractivity contribution in [3.05, 3.63) is 35.5 Å². The van der Waals surface area contributed by atoms with E-state index in [1.165, 1.54) is 62.5 Å². The van der Waals surface area contributed by atoms with Crippen molar-refractivity contribution in [2.45, 2.75) is 111 Å².